The van der Waals surface area contributed by atoms with Crippen molar-refractivity contribution in [3.8, 4) is 5.75 Å². The van der Waals surface area contributed by atoms with E-state index in [1.807, 2.05) is 0 Å². The van der Waals surface area contributed by atoms with Crippen LogP contribution < -0.4 is 9.50 Å². The van der Waals surface area contributed by atoms with Gasteiger partial charge in [-0.2, -0.15) is 21.6 Å². The molecule has 1 aromatic carbocycles. The zero-order chi connectivity index (χ0) is 15.6. The lowest BCUT2D eigenvalue weighted by molar-refractivity contribution is -0.121. The number of carbonyl (C=O) groups excluding carboxylic acids is 1. The number of halogens is 3. The largest absolute Gasteiger partial charge is 0.534 e. The van der Waals surface area contributed by atoms with Crippen LogP contribution in [0.3, 0.4) is 0 Å². The minimum atomic E-state index is -5.68. The monoisotopic (exact) mass is 311 g/mol. The number of amides is 1. The van der Waals surface area contributed by atoms with E-state index in [1.54, 1.807) is 6.92 Å². The first-order valence-electron chi connectivity index (χ1n) is 5.41. The second kappa shape index (κ2) is 5.70. The number of rotatable bonds is 4. The Morgan fingerprint density at radius 1 is 1.25 bits per heavy atom. The van der Waals surface area contributed by atoms with E-state index in [2.05, 4.69) is 9.50 Å². The van der Waals surface area contributed by atoms with E-state index < -0.39 is 27.3 Å². The average molecular weight is 311 g/mol. The highest BCUT2D eigenvalue weighted by atomic mass is 32.2. The van der Waals surface area contributed by atoms with E-state index in [4.69, 9.17) is 0 Å². The summed E-state index contributed by atoms with van der Waals surface area (Å²) in [7, 11) is -4.23. The molecular formula is C11H12F3NO4S. The molecule has 0 aliphatic rings. The summed E-state index contributed by atoms with van der Waals surface area (Å²) in [5.74, 6) is -1.27. The molecule has 1 unspecified atom stereocenters. The zero-order valence-corrected chi connectivity index (χ0v) is 11.4. The predicted octanol–water partition coefficient (Wildman–Crippen LogP) is 1.76. The molecule has 0 heterocycles. The molecular weight excluding hydrogens is 299 g/mol. The summed E-state index contributed by atoms with van der Waals surface area (Å²) in [5, 5.41) is 2.42. The Morgan fingerprint density at radius 2 is 1.75 bits per heavy atom. The molecule has 0 aliphatic carbocycles. The Hall–Kier alpha value is -1.77. The molecule has 9 heteroatoms. The molecule has 1 aromatic rings. The molecule has 0 spiro atoms. The van der Waals surface area contributed by atoms with Gasteiger partial charge in [0.15, 0.2) is 0 Å². The van der Waals surface area contributed by atoms with Crippen molar-refractivity contribution in [2.75, 3.05) is 7.05 Å². The van der Waals surface area contributed by atoms with Crippen LogP contribution >= 0.6 is 0 Å². The van der Waals surface area contributed by atoms with Crippen LogP contribution in [-0.2, 0) is 14.9 Å². The van der Waals surface area contributed by atoms with E-state index >= 15 is 0 Å². The highest BCUT2D eigenvalue weighted by Crippen LogP contribution is 2.27. The summed E-state index contributed by atoms with van der Waals surface area (Å²) in [6.45, 7) is 1.60. The number of benzene rings is 1. The summed E-state index contributed by atoms with van der Waals surface area (Å²) >= 11 is 0. The van der Waals surface area contributed by atoms with Gasteiger partial charge in [0.25, 0.3) is 0 Å². The molecule has 0 aromatic heterocycles. The topological polar surface area (TPSA) is 72.5 Å². The molecule has 112 valence electrons. The van der Waals surface area contributed by atoms with Crippen LogP contribution in [0, 0.1) is 0 Å². The van der Waals surface area contributed by atoms with Gasteiger partial charge in [-0.15, -0.1) is 0 Å². The minimum absolute atomic E-state index is 0.276. The number of carbonyl (C=O) groups is 1. The van der Waals surface area contributed by atoms with E-state index in [1.165, 1.54) is 19.2 Å². The fourth-order valence-electron chi connectivity index (χ4n) is 1.35. The number of hydrogen-bond donors (Lipinski definition) is 1. The van der Waals surface area contributed by atoms with Crippen LogP contribution in [0.15, 0.2) is 24.3 Å². The molecule has 0 fully saturated rings. The number of hydrogen-bond acceptors (Lipinski definition) is 4. The lowest BCUT2D eigenvalue weighted by Gasteiger charge is -2.12. The van der Waals surface area contributed by atoms with Crippen molar-refractivity contribution in [2.45, 2.75) is 18.3 Å². The number of nitrogens with one attached hydrogen (secondary N) is 1. The molecule has 1 rings (SSSR count). The summed E-state index contributed by atoms with van der Waals surface area (Å²) in [4.78, 5) is 11.4. The summed E-state index contributed by atoms with van der Waals surface area (Å²) in [6, 6.07) is 4.75. The third-order valence-electron chi connectivity index (χ3n) is 2.51. The number of likely N-dealkylation sites (N-methyl/N-ethyl adjacent to an activating group) is 1. The predicted molar refractivity (Wildman–Crippen MR) is 64.5 cm³/mol. The molecule has 1 N–H and O–H groups in total. The van der Waals surface area contributed by atoms with Crippen molar-refractivity contribution < 1.29 is 30.6 Å². The first-order valence-corrected chi connectivity index (χ1v) is 6.81. The van der Waals surface area contributed by atoms with Crippen LogP contribution in [-0.4, -0.2) is 26.9 Å². The second-order valence-electron chi connectivity index (χ2n) is 3.89. The summed E-state index contributed by atoms with van der Waals surface area (Å²) < 4.78 is 61.8. The van der Waals surface area contributed by atoms with Gasteiger partial charge >= 0.3 is 15.6 Å². The molecule has 0 bridgehead atoms. The van der Waals surface area contributed by atoms with Crippen molar-refractivity contribution in [2.24, 2.45) is 0 Å². The van der Waals surface area contributed by atoms with Crippen molar-refractivity contribution in [3.63, 3.8) is 0 Å². The average Bonchev–Trinajstić information content (AvgIpc) is 2.36. The van der Waals surface area contributed by atoms with Gasteiger partial charge in [-0.3, -0.25) is 4.79 Å². The summed E-state index contributed by atoms with van der Waals surface area (Å²) in [6.07, 6.45) is 0. The van der Waals surface area contributed by atoms with Crippen LogP contribution in [0.5, 0.6) is 5.75 Å². The standard InChI is InChI=1S/C11H12F3NO4S/c1-7(10(16)15-2)8-3-5-9(6-4-8)19-20(17,18)11(12,13)14/h3-7H,1-2H3,(H,15,16). The van der Waals surface area contributed by atoms with Gasteiger partial charge in [-0.1, -0.05) is 12.1 Å². The quantitative estimate of drug-likeness (QED) is 0.679. The molecule has 0 saturated carbocycles. The molecule has 20 heavy (non-hydrogen) atoms. The van der Waals surface area contributed by atoms with Crippen LogP contribution in [0.4, 0.5) is 13.2 Å². The van der Waals surface area contributed by atoms with Gasteiger partial charge in [0.1, 0.15) is 5.75 Å². The minimum Gasteiger partial charge on any atom is -0.376 e. The van der Waals surface area contributed by atoms with E-state index in [9.17, 15) is 26.4 Å². The lowest BCUT2D eigenvalue weighted by atomic mass is 10.0. The van der Waals surface area contributed by atoms with Gasteiger partial charge in [0, 0.05) is 7.05 Å². The third-order valence-corrected chi connectivity index (χ3v) is 3.49. The van der Waals surface area contributed by atoms with Crippen molar-refractivity contribution >= 4 is 16.0 Å². The smallest absolute Gasteiger partial charge is 0.376 e. The maximum absolute atomic E-state index is 12.1. The molecule has 1 amide bonds. The normalized spacial score (nSPS) is 13.7. The molecule has 1 atom stereocenters. The Labute approximate surface area is 113 Å². The van der Waals surface area contributed by atoms with E-state index in [0.717, 1.165) is 12.1 Å². The fraction of sp³-hybridized carbons (Fsp3) is 0.364. The Bertz CT molecular complexity index is 581. The zero-order valence-electron chi connectivity index (χ0n) is 10.6. The Kier molecular flexibility index (Phi) is 4.64. The van der Waals surface area contributed by atoms with Gasteiger partial charge in [-0.05, 0) is 24.6 Å². The van der Waals surface area contributed by atoms with Crippen molar-refractivity contribution in [1.82, 2.24) is 5.32 Å². The SMILES string of the molecule is CNC(=O)C(C)c1ccc(OS(=O)(=O)C(F)(F)F)cc1. The van der Waals surface area contributed by atoms with Crippen molar-refractivity contribution in [1.29, 1.82) is 0 Å². The third kappa shape index (κ3) is 3.62. The lowest BCUT2D eigenvalue weighted by Crippen LogP contribution is -2.28. The molecule has 0 radical (unpaired) electrons. The van der Waals surface area contributed by atoms with Gasteiger partial charge in [0.2, 0.25) is 5.91 Å². The fourth-order valence-corrected chi connectivity index (χ4v) is 1.81. The first-order chi connectivity index (χ1) is 9.08. The van der Waals surface area contributed by atoms with Crippen LogP contribution in [0.1, 0.15) is 18.4 Å². The van der Waals surface area contributed by atoms with Gasteiger partial charge in [-0.25, -0.2) is 0 Å². The number of alkyl halides is 3. The summed E-state index contributed by atoms with van der Waals surface area (Å²) in [5.41, 5.74) is -4.97. The van der Waals surface area contributed by atoms with Gasteiger partial charge in [0.05, 0.1) is 5.92 Å². The highest BCUT2D eigenvalue weighted by Gasteiger charge is 2.48. The Morgan fingerprint density at radius 3 is 2.15 bits per heavy atom. The molecule has 0 saturated heterocycles. The van der Waals surface area contributed by atoms with E-state index in [0.29, 0.717) is 5.56 Å². The maximum atomic E-state index is 12.1. The molecule has 5 nitrogen and oxygen atoms in total. The second-order valence-corrected chi connectivity index (χ2v) is 5.43. The first kappa shape index (κ1) is 16.3. The van der Waals surface area contributed by atoms with Crippen LogP contribution in [0.25, 0.3) is 0 Å². The Balaban J connectivity index is 2.91. The molecule has 0 aliphatic heterocycles. The van der Waals surface area contributed by atoms with E-state index in [-0.39, 0.29) is 5.91 Å². The maximum Gasteiger partial charge on any atom is 0.534 e. The van der Waals surface area contributed by atoms with Crippen LogP contribution in [0.2, 0.25) is 0 Å². The van der Waals surface area contributed by atoms with Gasteiger partial charge < -0.3 is 9.50 Å². The highest BCUT2D eigenvalue weighted by molar-refractivity contribution is 7.87. The van der Waals surface area contributed by atoms with Crippen molar-refractivity contribution in [3.05, 3.63) is 29.8 Å².